The van der Waals surface area contributed by atoms with E-state index in [0.29, 0.717) is 11.8 Å². The number of hydrogen-bond donors (Lipinski definition) is 0. The second kappa shape index (κ2) is 8.28. The molecule has 0 aromatic heterocycles. The highest BCUT2D eigenvalue weighted by atomic mass is 14.2. The molecule has 0 atom stereocenters. The summed E-state index contributed by atoms with van der Waals surface area (Å²) in [6.07, 6.45) is 0. The van der Waals surface area contributed by atoms with Gasteiger partial charge in [0.1, 0.15) is 0 Å². The van der Waals surface area contributed by atoms with Crippen molar-refractivity contribution in [3.63, 3.8) is 0 Å². The van der Waals surface area contributed by atoms with Gasteiger partial charge in [0.2, 0.25) is 0 Å². The lowest BCUT2D eigenvalue weighted by Crippen LogP contribution is -1.92. The molecule has 0 N–H and O–H groups in total. The van der Waals surface area contributed by atoms with Crippen molar-refractivity contribution in [3.8, 4) is 22.3 Å². The third-order valence-electron chi connectivity index (χ3n) is 6.64. The molecule has 0 radical (unpaired) electrons. The average molecular weight is 415 g/mol. The fraction of sp³-hybridized carbons (Fsp3) is 0.188. The van der Waals surface area contributed by atoms with Crippen molar-refractivity contribution < 1.29 is 0 Å². The molecule has 0 heteroatoms. The summed E-state index contributed by atoms with van der Waals surface area (Å²) in [5.41, 5.74) is 7.91. The van der Waals surface area contributed by atoms with Crippen LogP contribution < -0.4 is 0 Å². The average Bonchev–Trinajstić information content (AvgIpc) is 2.82. The minimum absolute atomic E-state index is 0.531. The van der Waals surface area contributed by atoms with E-state index >= 15 is 0 Å². The maximum absolute atomic E-state index is 2.36. The smallest absolute Gasteiger partial charge is 0.00266 e. The van der Waals surface area contributed by atoms with Gasteiger partial charge in [-0.25, -0.2) is 0 Å². The van der Waals surface area contributed by atoms with Crippen molar-refractivity contribution in [2.75, 3.05) is 0 Å². The van der Waals surface area contributed by atoms with Crippen molar-refractivity contribution in [1.29, 1.82) is 0 Å². The molecule has 0 bridgehead atoms. The predicted octanol–water partition coefficient (Wildman–Crippen LogP) is 9.57. The van der Waals surface area contributed by atoms with E-state index in [1.807, 2.05) is 0 Å². The summed E-state index contributed by atoms with van der Waals surface area (Å²) in [6, 6.07) is 36.2. The Morgan fingerprint density at radius 2 is 1.00 bits per heavy atom. The molecular weight excluding hydrogens is 384 g/mol. The van der Waals surface area contributed by atoms with E-state index in [1.54, 1.807) is 0 Å². The molecule has 0 unspecified atom stereocenters. The van der Waals surface area contributed by atoms with Gasteiger partial charge in [-0.1, -0.05) is 113 Å². The molecule has 158 valence electrons. The summed E-state index contributed by atoms with van der Waals surface area (Å²) in [5.74, 6) is 1.07. The lowest BCUT2D eigenvalue weighted by Gasteiger charge is -2.17. The highest BCUT2D eigenvalue weighted by Gasteiger charge is 2.14. The SMILES string of the molecule is CC(C)c1ccc(-c2ccc3cc4ccccc4cc3c2-c2ccc(C(C)C)cc2)cc1. The number of rotatable bonds is 4. The largest absolute Gasteiger partial charge is 0.0616 e. The Morgan fingerprint density at radius 1 is 0.469 bits per heavy atom. The zero-order chi connectivity index (χ0) is 22.2. The molecule has 0 heterocycles. The number of fused-ring (bicyclic) bond motifs is 2. The van der Waals surface area contributed by atoms with Gasteiger partial charge in [0, 0.05) is 0 Å². The second-order valence-electron chi connectivity index (χ2n) is 9.46. The van der Waals surface area contributed by atoms with Gasteiger partial charge in [-0.3, -0.25) is 0 Å². The molecule has 5 aromatic rings. The molecule has 0 fully saturated rings. The Kier molecular flexibility index (Phi) is 5.31. The number of benzene rings is 5. The first kappa shape index (κ1) is 20.5. The van der Waals surface area contributed by atoms with Gasteiger partial charge in [0.25, 0.3) is 0 Å². The summed E-state index contributed by atoms with van der Waals surface area (Å²) >= 11 is 0. The maximum atomic E-state index is 2.36. The van der Waals surface area contributed by atoms with E-state index in [1.165, 1.54) is 54.9 Å². The quantitative estimate of drug-likeness (QED) is 0.257. The van der Waals surface area contributed by atoms with E-state index in [0.717, 1.165) is 0 Å². The monoisotopic (exact) mass is 414 g/mol. The summed E-state index contributed by atoms with van der Waals surface area (Å²) in [7, 11) is 0. The number of hydrogen-bond acceptors (Lipinski definition) is 0. The van der Waals surface area contributed by atoms with Crippen LogP contribution in [0.1, 0.15) is 50.7 Å². The van der Waals surface area contributed by atoms with Gasteiger partial charge in [-0.05, 0) is 78.9 Å². The predicted molar refractivity (Wildman–Crippen MR) is 141 cm³/mol. The third-order valence-corrected chi connectivity index (χ3v) is 6.64. The lowest BCUT2D eigenvalue weighted by molar-refractivity contribution is 0.867. The Morgan fingerprint density at radius 3 is 1.56 bits per heavy atom. The van der Waals surface area contributed by atoms with Gasteiger partial charge < -0.3 is 0 Å². The third kappa shape index (κ3) is 3.71. The van der Waals surface area contributed by atoms with E-state index < -0.39 is 0 Å². The molecule has 5 aromatic carbocycles. The molecule has 0 aliphatic rings. The summed E-state index contributed by atoms with van der Waals surface area (Å²) in [5, 5.41) is 5.17. The topological polar surface area (TPSA) is 0 Å². The first-order chi connectivity index (χ1) is 15.5. The van der Waals surface area contributed by atoms with Crippen molar-refractivity contribution in [1.82, 2.24) is 0 Å². The molecular formula is C32H30. The molecule has 0 saturated carbocycles. The summed E-state index contributed by atoms with van der Waals surface area (Å²) in [6.45, 7) is 9.00. The second-order valence-corrected chi connectivity index (χ2v) is 9.46. The first-order valence-electron chi connectivity index (χ1n) is 11.7. The minimum atomic E-state index is 0.531. The van der Waals surface area contributed by atoms with Crippen LogP contribution in [0.4, 0.5) is 0 Å². The van der Waals surface area contributed by atoms with Gasteiger partial charge in [0.15, 0.2) is 0 Å². The molecule has 0 aliphatic heterocycles. The van der Waals surface area contributed by atoms with E-state index in [4.69, 9.17) is 0 Å². The first-order valence-corrected chi connectivity index (χ1v) is 11.7. The van der Waals surface area contributed by atoms with Gasteiger partial charge >= 0.3 is 0 Å². The van der Waals surface area contributed by atoms with Crippen LogP contribution in [0.5, 0.6) is 0 Å². The van der Waals surface area contributed by atoms with Crippen LogP contribution >= 0.6 is 0 Å². The van der Waals surface area contributed by atoms with Crippen LogP contribution in [0.2, 0.25) is 0 Å². The fourth-order valence-electron chi connectivity index (χ4n) is 4.65. The fourth-order valence-corrected chi connectivity index (χ4v) is 4.65. The Labute approximate surface area is 191 Å². The van der Waals surface area contributed by atoms with Crippen molar-refractivity contribution in [3.05, 3.63) is 108 Å². The van der Waals surface area contributed by atoms with Crippen LogP contribution in [-0.2, 0) is 0 Å². The van der Waals surface area contributed by atoms with E-state index in [9.17, 15) is 0 Å². The molecule has 5 rings (SSSR count). The molecule has 0 amide bonds. The highest BCUT2D eigenvalue weighted by molar-refractivity contribution is 6.09. The van der Waals surface area contributed by atoms with Crippen LogP contribution in [-0.4, -0.2) is 0 Å². The van der Waals surface area contributed by atoms with Gasteiger partial charge in [0.05, 0.1) is 0 Å². The zero-order valence-corrected chi connectivity index (χ0v) is 19.4. The summed E-state index contributed by atoms with van der Waals surface area (Å²) in [4.78, 5) is 0. The van der Waals surface area contributed by atoms with Gasteiger partial charge in [-0.15, -0.1) is 0 Å². The van der Waals surface area contributed by atoms with Crippen molar-refractivity contribution in [2.24, 2.45) is 0 Å². The zero-order valence-electron chi connectivity index (χ0n) is 19.4. The van der Waals surface area contributed by atoms with Crippen LogP contribution in [0.3, 0.4) is 0 Å². The molecule has 32 heavy (non-hydrogen) atoms. The van der Waals surface area contributed by atoms with E-state index in [2.05, 4.69) is 125 Å². The highest BCUT2D eigenvalue weighted by Crippen LogP contribution is 2.40. The van der Waals surface area contributed by atoms with Crippen LogP contribution in [0.15, 0.2) is 97.1 Å². The molecule has 0 saturated heterocycles. The van der Waals surface area contributed by atoms with Crippen LogP contribution in [0, 0.1) is 0 Å². The lowest BCUT2D eigenvalue weighted by atomic mass is 9.87. The maximum Gasteiger partial charge on any atom is -0.00266 e. The Bertz CT molecular complexity index is 1380. The summed E-state index contributed by atoms with van der Waals surface area (Å²) < 4.78 is 0. The van der Waals surface area contributed by atoms with Gasteiger partial charge in [-0.2, -0.15) is 0 Å². The van der Waals surface area contributed by atoms with Crippen LogP contribution in [0.25, 0.3) is 43.8 Å². The Hall–Kier alpha value is -3.38. The normalized spacial score (nSPS) is 11.7. The van der Waals surface area contributed by atoms with Crippen molar-refractivity contribution in [2.45, 2.75) is 39.5 Å². The van der Waals surface area contributed by atoms with E-state index in [-0.39, 0.29) is 0 Å². The molecule has 0 aliphatic carbocycles. The Balaban J connectivity index is 1.79. The molecule has 0 spiro atoms. The minimum Gasteiger partial charge on any atom is -0.0616 e. The van der Waals surface area contributed by atoms with Crippen molar-refractivity contribution >= 4 is 21.5 Å². The molecule has 0 nitrogen and oxygen atoms in total. The standard InChI is InChI=1S/C32H30/c1-21(2)23-9-13-25(14-10-23)30-18-17-29-19-27-7-5-6-8-28(27)20-31(29)32(30)26-15-11-24(12-16-26)22(3)4/h5-22H,1-4H3.